The van der Waals surface area contributed by atoms with Crippen molar-refractivity contribution in [3.8, 4) is 5.75 Å². The van der Waals surface area contributed by atoms with Crippen LogP contribution in [-0.2, 0) is 0 Å². The van der Waals surface area contributed by atoms with Crippen LogP contribution in [0.4, 0.5) is 0 Å². The van der Waals surface area contributed by atoms with Crippen LogP contribution < -0.4 is 10.5 Å². The molecule has 0 atom stereocenters. The fraction of sp³-hybridized carbons (Fsp3) is 0.462. The third-order valence-corrected chi connectivity index (χ3v) is 2.90. The van der Waals surface area contributed by atoms with Gasteiger partial charge in [-0.15, -0.1) is 0 Å². The summed E-state index contributed by atoms with van der Waals surface area (Å²) < 4.78 is 5.57. The number of rotatable bonds is 7. The third kappa shape index (κ3) is 4.45. The fourth-order valence-electron chi connectivity index (χ4n) is 1.57. The molecule has 0 aromatic heterocycles. The van der Waals surface area contributed by atoms with E-state index in [1.54, 1.807) is 18.2 Å². The summed E-state index contributed by atoms with van der Waals surface area (Å²) in [6.45, 7) is 2.85. The molecule has 0 fully saturated rings. The zero-order chi connectivity index (χ0) is 13.4. The molecule has 4 nitrogen and oxygen atoms in total. The molecule has 0 aliphatic carbocycles. The maximum Gasteiger partial charge on any atom is 0.171 e. The van der Waals surface area contributed by atoms with Gasteiger partial charge in [-0.3, -0.25) is 0 Å². The number of benzene rings is 1. The Morgan fingerprint density at radius 1 is 1.39 bits per heavy atom. The lowest BCUT2D eigenvalue weighted by atomic mass is 10.2. The van der Waals surface area contributed by atoms with Crippen molar-refractivity contribution in [2.75, 3.05) is 6.61 Å². The summed E-state index contributed by atoms with van der Waals surface area (Å²) in [7, 11) is 0. The van der Waals surface area contributed by atoms with Gasteiger partial charge in [0.05, 0.1) is 11.6 Å². The number of nitrogens with two attached hydrogens (primary N) is 1. The van der Waals surface area contributed by atoms with Crippen LogP contribution >= 0.6 is 11.6 Å². The molecule has 0 saturated carbocycles. The number of halogens is 1. The van der Waals surface area contributed by atoms with E-state index in [4.69, 9.17) is 27.3 Å². The molecule has 0 heterocycles. The van der Waals surface area contributed by atoms with Crippen LogP contribution in [0, 0.1) is 0 Å². The molecule has 18 heavy (non-hydrogen) atoms. The molecule has 0 saturated heterocycles. The lowest BCUT2D eigenvalue weighted by Gasteiger charge is -2.08. The van der Waals surface area contributed by atoms with E-state index in [-0.39, 0.29) is 5.84 Å². The molecular formula is C13H19ClN2O2. The monoisotopic (exact) mass is 270 g/mol. The SMILES string of the molecule is CCCCCCOc1ccc(C(N)=NO)c(Cl)c1. The molecule has 1 aromatic rings. The first kappa shape index (κ1) is 14.6. The van der Waals surface area contributed by atoms with Gasteiger partial charge in [0.25, 0.3) is 0 Å². The van der Waals surface area contributed by atoms with E-state index in [2.05, 4.69) is 12.1 Å². The summed E-state index contributed by atoms with van der Waals surface area (Å²) in [5.74, 6) is 0.695. The number of hydrogen-bond acceptors (Lipinski definition) is 3. The van der Waals surface area contributed by atoms with Crippen LogP contribution in [0.25, 0.3) is 0 Å². The third-order valence-electron chi connectivity index (χ3n) is 2.59. The zero-order valence-electron chi connectivity index (χ0n) is 10.5. The normalized spacial score (nSPS) is 11.6. The average molecular weight is 271 g/mol. The van der Waals surface area contributed by atoms with Crippen LogP contribution in [0.3, 0.4) is 0 Å². The van der Waals surface area contributed by atoms with Crippen molar-refractivity contribution >= 4 is 17.4 Å². The predicted molar refractivity (Wildman–Crippen MR) is 73.6 cm³/mol. The number of oxime groups is 1. The Labute approximate surface area is 112 Å². The van der Waals surface area contributed by atoms with Gasteiger partial charge in [-0.1, -0.05) is 42.9 Å². The van der Waals surface area contributed by atoms with Crippen molar-refractivity contribution < 1.29 is 9.94 Å². The Kier molecular flexibility index (Phi) is 6.36. The van der Waals surface area contributed by atoms with Crippen molar-refractivity contribution in [3.63, 3.8) is 0 Å². The largest absolute Gasteiger partial charge is 0.494 e. The van der Waals surface area contributed by atoms with Gasteiger partial charge in [0.1, 0.15) is 5.75 Å². The van der Waals surface area contributed by atoms with Crippen molar-refractivity contribution in [1.29, 1.82) is 0 Å². The highest BCUT2D eigenvalue weighted by Crippen LogP contribution is 2.22. The van der Waals surface area contributed by atoms with E-state index in [1.165, 1.54) is 19.3 Å². The minimum absolute atomic E-state index is 0.00510. The van der Waals surface area contributed by atoms with Crippen molar-refractivity contribution in [3.05, 3.63) is 28.8 Å². The van der Waals surface area contributed by atoms with E-state index in [0.29, 0.717) is 22.9 Å². The maximum absolute atomic E-state index is 8.58. The molecule has 0 unspecified atom stereocenters. The number of unbranched alkanes of at least 4 members (excludes halogenated alkanes) is 3. The first-order chi connectivity index (χ1) is 8.69. The summed E-state index contributed by atoms with van der Waals surface area (Å²) >= 11 is 6.01. The molecule has 3 N–H and O–H groups in total. The van der Waals surface area contributed by atoms with Crippen LogP contribution in [0.1, 0.15) is 38.2 Å². The van der Waals surface area contributed by atoms with Gasteiger partial charge >= 0.3 is 0 Å². The van der Waals surface area contributed by atoms with Gasteiger partial charge < -0.3 is 15.7 Å². The number of nitrogens with zero attached hydrogens (tertiary/aromatic N) is 1. The predicted octanol–water partition coefficient (Wildman–Crippen LogP) is 3.39. The Morgan fingerprint density at radius 3 is 2.78 bits per heavy atom. The highest BCUT2D eigenvalue weighted by Gasteiger charge is 2.06. The molecule has 100 valence electrons. The Balaban J connectivity index is 2.51. The van der Waals surface area contributed by atoms with Crippen LogP contribution in [-0.4, -0.2) is 17.6 Å². The fourth-order valence-corrected chi connectivity index (χ4v) is 1.83. The van der Waals surface area contributed by atoms with Gasteiger partial charge in [-0.2, -0.15) is 0 Å². The molecule has 0 bridgehead atoms. The van der Waals surface area contributed by atoms with Gasteiger partial charge in [0, 0.05) is 5.56 Å². The molecule has 0 amide bonds. The highest BCUT2D eigenvalue weighted by atomic mass is 35.5. The smallest absolute Gasteiger partial charge is 0.171 e. The first-order valence-electron chi connectivity index (χ1n) is 6.09. The van der Waals surface area contributed by atoms with Crippen molar-refractivity contribution in [1.82, 2.24) is 0 Å². The Bertz CT molecular complexity index is 408. The lowest BCUT2D eigenvalue weighted by Crippen LogP contribution is -2.13. The van der Waals surface area contributed by atoms with E-state index in [9.17, 15) is 0 Å². The molecule has 1 aromatic carbocycles. The molecule has 0 aliphatic heterocycles. The summed E-state index contributed by atoms with van der Waals surface area (Å²) in [6.07, 6.45) is 4.65. The second-order valence-corrected chi connectivity index (χ2v) is 4.44. The van der Waals surface area contributed by atoms with Crippen molar-refractivity contribution in [2.24, 2.45) is 10.9 Å². The van der Waals surface area contributed by atoms with Crippen LogP contribution in [0.2, 0.25) is 5.02 Å². The standard InChI is InChI=1S/C13H19ClN2O2/c1-2-3-4-5-8-18-10-6-7-11(12(14)9-10)13(15)16-17/h6-7,9,17H,2-5,8H2,1H3,(H2,15,16). The molecule has 0 radical (unpaired) electrons. The highest BCUT2D eigenvalue weighted by molar-refractivity contribution is 6.34. The summed E-state index contributed by atoms with van der Waals surface area (Å²) in [4.78, 5) is 0. The van der Waals surface area contributed by atoms with Crippen LogP contribution in [0.5, 0.6) is 5.75 Å². The second kappa shape index (κ2) is 7.82. The minimum atomic E-state index is -0.00510. The van der Waals surface area contributed by atoms with Gasteiger partial charge in [0.2, 0.25) is 0 Å². The number of ether oxygens (including phenoxy) is 1. The van der Waals surface area contributed by atoms with E-state index < -0.39 is 0 Å². The molecule has 1 rings (SSSR count). The van der Waals surface area contributed by atoms with Crippen molar-refractivity contribution in [2.45, 2.75) is 32.6 Å². The second-order valence-electron chi connectivity index (χ2n) is 4.04. The molecule has 0 aliphatic rings. The summed E-state index contributed by atoms with van der Waals surface area (Å²) in [5.41, 5.74) is 5.97. The Hall–Kier alpha value is -1.42. The van der Waals surface area contributed by atoms with E-state index >= 15 is 0 Å². The summed E-state index contributed by atoms with van der Waals surface area (Å²) in [6, 6.07) is 5.12. The zero-order valence-corrected chi connectivity index (χ0v) is 11.3. The number of amidine groups is 1. The van der Waals surface area contributed by atoms with Crippen LogP contribution in [0.15, 0.2) is 23.4 Å². The quantitative estimate of drug-likeness (QED) is 0.262. The van der Waals surface area contributed by atoms with E-state index in [0.717, 1.165) is 6.42 Å². The van der Waals surface area contributed by atoms with E-state index in [1.807, 2.05) is 0 Å². The maximum atomic E-state index is 8.58. The van der Waals surface area contributed by atoms with Gasteiger partial charge in [-0.25, -0.2) is 0 Å². The molecule has 5 heteroatoms. The topological polar surface area (TPSA) is 67.8 Å². The first-order valence-corrected chi connectivity index (χ1v) is 6.47. The number of hydrogen-bond donors (Lipinski definition) is 2. The molecular weight excluding hydrogens is 252 g/mol. The minimum Gasteiger partial charge on any atom is -0.494 e. The lowest BCUT2D eigenvalue weighted by molar-refractivity contribution is 0.305. The summed E-state index contributed by atoms with van der Waals surface area (Å²) in [5, 5.41) is 11.9. The van der Waals surface area contributed by atoms with Gasteiger partial charge in [-0.05, 0) is 24.6 Å². The Morgan fingerprint density at radius 2 is 2.17 bits per heavy atom. The van der Waals surface area contributed by atoms with Gasteiger partial charge in [0.15, 0.2) is 5.84 Å². The average Bonchev–Trinajstić information content (AvgIpc) is 2.38. The molecule has 0 spiro atoms.